The number of benzene rings is 6. The number of hydrogen-bond acceptors (Lipinski definition) is 2. The number of nitrogens with one attached hydrogen (secondary N) is 1. The van der Waals surface area contributed by atoms with Crippen molar-refractivity contribution in [3.8, 4) is 28.1 Å². The summed E-state index contributed by atoms with van der Waals surface area (Å²) in [5.41, 5.74) is 11.7. The zero-order chi connectivity index (χ0) is 30.6. The Morgan fingerprint density at radius 3 is 2.26 bits per heavy atom. The second kappa shape index (κ2) is 10.6. The second-order valence-corrected chi connectivity index (χ2v) is 12.2. The molecule has 1 aliphatic rings. The largest absolute Gasteiger partial charge is 0.387 e. The minimum absolute atomic E-state index is 0.894. The van der Waals surface area contributed by atoms with Crippen LogP contribution in [0.4, 0.5) is 0 Å². The predicted molar refractivity (Wildman–Crippen MR) is 194 cm³/mol. The molecule has 3 nitrogen and oxygen atoms in total. The number of allylic oxidation sites excluding steroid dienone is 2. The van der Waals surface area contributed by atoms with E-state index in [4.69, 9.17) is 4.98 Å². The fraction of sp³-hybridized carbons (Fsp3) is 0.0465. The summed E-state index contributed by atoms with van der Waals surface area (Å²) in [4.78, 5) is 4.92. The van der Waals surface area contributed by atoms with Crippen molar-refractivity contribution in [2.45, 2.75) is 6.92 Å². The van der Waals surface area contributed by atoms with Crippen LogP contribution in [0.15, 0.2) is 158 Å². The maximum atomic E-state index is 4.92. The lowest BCUT2D eigenvalue weighted by Gasteiger charge is -2.13. The molecule has 218 valence electrons. The molecule has 0 amide bonds. The van der Waals surface area contributed by atoms with E-state index in [1.54, 1.807) is 0 Å². The van der Waals surface area contributed by atoms with E-state index in [2.05, 4.69) is 163 Å². The Hall–Kier alpha value is -5.93. The Balaban J connectivity index is 1.23. The molecule has 0 fully saturated rings. The smallest absolute Gasteiger partial charge is 0.0703 e. The number of aromatic nitrogens is 2. The van der Waals surface area contributed by atoms with Crippen molar-refractivity contribution in [3.05, 3.63) is 163 Å². The molecular weight excluding hydrogens is 558 g/mol. The minimum atomic E-state index is 0.894. The molecule has 2 aromatic heterocycles. The zero-order valence-electron chi connectivity index (χ0n) is 25.5. The van der Waals surface area contributed by atoms with Gasteiger partial charge in [0.25, 0.3) is 0 Å². The van der Waals surface area contributed by atoms with Crippen LogP contribution in [0.1, 0.15) is 12.5 Å². The number of nitrogens with zero attached hydrogens (tertiary/aromatic N) is 2. The molecule has 0 radical (unpaired) electrons. The third-order valence-electron chi connectivity index (χ3n) is 9.29. The highest BCUT2D eigenvalue weighted by atomic mass is 15.0. The standard InChI is InChI=1S/C43H31N3/c1-28-22-34(26-44-25-28)33-17-21-41(45-27-33)32-16-19-39-40-20-15-31-23-30(37-13-7-9-29-8-5-6-12-36(29)37)14-18-38(31)43(40)46(42(39)24-32)35-10-3-2-4-11-35/h2-24,26-27,44H,25H2,1H3. The minimum Gasteiger partial charge on any atom is -0.387 e. The third kappa shape index (κ3) is 4.32. The summed E-state index contributed by atoms with van der Waals surface area (Å²) in [7, 11) is 0. The summed E-state index contributed by atoms with van der Waals surface area (Å²) < 4.78 is 2.43. The van der Waals surface area contributed by atoms with Crippen LogP contribution in [-0.2, 0) is 0 Å². The fourth-order valence-electron chi connectivity index (χ4n) is 7.07. The van der Waals surface area contributed by atoms with E-state index in [1.165, 1.54) is 60.1 Å². The van der Waals surface area contributed by atoms with Gasteiger partial charge in [-0.15, -0.1) is 0 Å². The first-order valence-electron chi connectivity index (χ1n) is 15.8. The van der Waals surface area contributed by atoms with Gasteiger partial charge >= 0.3 is 0 Å². The van der Waals surface area contributed by atoms with Gasteiger partial charge in [-0.05, 0) is 70.1 Å². The lowest BCUT2D eigenvalue weighted by Crippen LogP contribution is -2.13. The highest BCUT2D eigenvalue weighted by Crippen LogP contribution is 2.40. The molecule has 0 bridgehead atoms. The molecule has 3 heterocycles. The van der Waals surface area contributed by atoms with Gasteiger partial charge in [0.1, 0.15) is 0 Å². The summed E-state index contributed by atoms with van der Waals surface area (Å²) in [6.45, 7) is 3.04. The van der Waals surface area contributed by atoms with Gasteiger partial charge in [0.2, 0.25) is 0 Å². The van der Waals surface area contributed by atoms with E-state index >= 15 is 0 Å². The van der Waals surface area contributed by atoms with Crippen LogP contribution in [0.5, 0.6) is 0 Å². The van der Waals surface area contributed by atoms with E-state index in [9.17, 15) is 0 Å². The van der Waals surface area contributed by atoms with Crippen molar-refractivity contribution < 1.29 is 0 Å². The van der Waals surface area contributed by atoms with E-state index in [1.807, 2.05) is 6.20 Å². The van der Waals surface area contributed by atoms with Gasteiger partial charge in [-0.2, -0.15) is 0 Å². The van der Waals surface area contributed by atoms with Crippen LogP contribution in [-0.4, -0.2) is 16.1 Å². The predicted octanol–water partition coefficient (Wildman–Crippen LogP) is 10.7. The van der Waals surface area contributed by atoms with E-state index < -0.39 is 0 Å². The van der Waals surface area contributed by atoms with E-state index in [0.717, 1.165) is 34.6 Å². The van der Waals surface area contributed by atoms with Gasteiger partial charge in [0.05, 0.1) is 16.7 Å². The molecule has 6 aromatic carbocycles. The number of hydrogen-bond donors (Lipinski definition) is 1. The molecule has 0 spiro atoms. The van der Waals surface area contributed by atoms with E-state index in [0.29, 0.717) is 0 Å². The Morgan fingerprint density at radius 2 is 1.39 bits per heavy atom. The van der Waals surface area contributed by atoms with Crippen LogP contribution in [0.25, 0.3) is 77.0 Å². The summed E-state index contributed by atoms with van der Waals surface area (Å²) in [5.74, 6) is 0. The Morgan fingerprint density at radius 1 is 0.609 bits per heavy atom. The first kappa shape index (κ1) is 26.5. The van der Waals surface area contributed by atoms with Crippen LogP contribution < -0.4 is 5.32 Å². The Labute approximate surface area is 267 Å². The summed E-state index contributed by atoms with van der Waals surface area (Å²) in [6.07, 6.45) is 6.28. The Bertz CT molecular complexity index is 2510. The molecule has 1 N–H and O–H groups in total. The van der Waals surface area contributed by atoms with E-state index in [-0.39, 0.29) is 0 Å². The van der Waals surface area contributed by atoms with Crippen LogP contribution in [0.3, 0.4) is 0 Å². The van der Waals surface area contributed by atoms with Crippen molar-refractivity contribution in [2.75, 3.05) is 6.54 Å². The van der Waals surface area contributed by atoms with Crippen molar-refractivity contribution in [1.82, 2.24) is 14.9 Å². The molecule has 0 saturated carbocycles. The maximum Gasteiger partial charge on any atom is 0.0703 e. The fourth-order valence-corrected chi connectivity index (χ4v) is 7.07. The zero-order valence-corrected chi connectivity index (χ0v) is 25.5. The normalized spacial score (nSPS) is 13.2. The van der Waals surface area contributed by atoms with Gasteiger partial charge in [0.15, 0.2) is 0 Å². The number of para-hydroxylation sites is 1. The highest BCUT2D eigenvalue weighted by Gasteiger charge is 2.17. The van der Waals surface area contributed by atoms with Gasteiger partial charge in [0, 0.05) is 51.9 Å². The monoisotopic (exact) mass is 589 g/mol. The molecule has 0 saturated heterocycles. The topological polar surface area (TPSA) is 29.9 Å². The first-order chi connectivity index (χ1) is 22.7. The lowest BCUT2D eigenvalue weighted by molar-refractivity contribution is 0.924. The van der Waals surface area contributed by atoms with Gasteiger partial charge in [-0.3, -0.25) is 4.98 Å². The summed E-state index contributed by atoms with van der Waals surface area (Å²) >= 11 is 0. The van der Waals surface area contributed by atoms with Crippen molar-refractivity contribution in [3.63, 3.8) is 0 Å². The first-order valence-corrected chi connectivity index (χ1v) is 15.8. The molecule has 0 atom stereocenters. The molecule has 0 aliphatic carbocycles. The SMILES string of the molecule is CC1=CC(c2ccc(-c3ccc4c5ccc6cc(-c7cccc8ccccc78)ccc6c5n(-c5ccccc5)c4c3)nc2)=CNC1. The van der Waals surface area contributed by atoms with Crippen molar-refractivity contribution >= 4 is 48.9 Å². The quantitative estimate of drug-likeness (QED) is 0.221. The van der Waals surface area contributed by atoms with Crippen molar-refractivity contribution in [2.24, 2.45) is 0 Å². The molecule has 8 aromatic rings. The summed E-state index contributed by atoms with van der Waals surface area (Å²) in [6, 6.07) is 48.5. The van der Waals surface area contributed by atoms with Crippen LogP contribution >= 0.6 is 0 Å². The number of pyridine rings is 1. The number of fused-ring (bicyclic) bond motifs is 6. The van der Waals surface area contributed by atoms with Crippen LogP contribution in [0.2, 0.25) is 0 Å². The molecule has 46 heavy (non-hydrogen) atoms. The van der Waals surface area contributed by atoms with Gasteiger partial charge in [-0.25, -0.2) is 0 Å². The molecule has 3 heteroatoms. The number of rotatable bonds is 4. The lowest BCUT2D eigenvalue weighted by atomic mass is 9.95. The molecule has 9 rings (SSSR count). The van der Waals surface area contributed by atoms with Gasteiger partial charge < -0.3 is 9.88 Å². The summed E-state index contributed by atoms with van der Waals surface area (Å²) in [5, 5.41) is 10.8. The van der Waals surface area contributed by atoms with Gasteiger partial charge in [-0.1, -0.05) is 115 Å². The second-order valence-electron chi connectivity index (χ2n) is 12.2. The third-order valence-corrected chi connectivity index (χ3v) is 9.29. The Kier molecular flexibility index (Phi) is 6.10. The molecule has 0 unspecified atom stereocenters. The maximum absolute atomic E-state index is 4.92. The average molecular weight is 590 g/mol. The molecule has 1 aliphatic heterocycles. The number of dihydropyridines is 1. The average Bonchev–Trinajstić information content (AvgIpc) is 3.45. The van der Waals surface area contributed by atoms with Crippen LogP contribution in [0, 0.1) is 0 Å². The molecular formula is C43H31N3. The highest BCUT2D eigenvalue weighted by molar-refractivity contribution is 6.19. The van der Waals surface area contributed by atoms with Crippen molar-refractivity contribution in [1.29, 1.82) is 0 Å².